The Balaban J connectivity index is 1.59. The second kappa shape index (κ2) is 11.6. The van der Waals surface area contributed by atoms with E-state index >= 15 is 0 Å². The van der Waals surface area contributed by atoms with E-state index in [1.54, 1.807) is 0 Å². The van der Waals surface area contributed by atoms with E-state index in [4.69, 9.17) is 9.47 Å². The number of ether oxygens (including phenoxy) is 2. The molecule has 2 aromatic carbocycles. The predicted octanol–water partition coefficient (Wildman–Crippen LogP) is 7.31. The van der Waals surface area contributed by atoms with Gasteiger partial charge in [0.2, 0.25) is 0 Å². The third-order valence-electron chi connectivity index (χ3n) is 4.35. The molecule has 0 atom stereocenters. The van der Waals surface area contributed by atoms with Crippen molar-refractivity contribution < 1.29 is 9.47 Å². The third kappa shape index (κ3) is 8.11. The normalized spacial score (nSPS) is 10.6. The summed E-state index contributed by atoms with van der Waals surface area (Å²) in [5, 5.41) is 0. The molecule has 0 amide bonds. The van der Waals surface area contributed by atoms with E-state index in [2.05, 4.69) is 26.0 Å². The van der Waals surface area contributed by atoms with Gasteiger partial charge in [0.15, 0.2) is 0 Å². The summed E-state index contributed by atoms with van der Waals surface area (Å²) >= 11 is 0. The topological polar surface area (TPSA) is 18.5 Å². The average Bonchev–Trinajstić information content (AvgIpc) is 2.63. The molecule has 0 aromatic heterocycles. The molecule has 0 spiro atoms. The summed E-state index contributed by atoms with van der Waals surface area (Å²) in [7, 11) is 0. The second-order valence-corrected chi connectivity index (χ2v) is 6.71. The first-order valence-electron chi connectivity index (χ1n) is 9.75. The minimum atomic E-state index is 0.799. The molecule has 0 radical (unpaired) electrons. The molecule has 2 heteroatoms. The molecule has 0 fully saturated rings. The van der Waals surface area contributed by atoms with Gasteiger partial charge in [-0.15, -0.1) is 0 Å². The molecule has 0 aliphatic heterocycles. The lowest BCUT2D eigenvalue weighted by Gasteiger charge is -2.09. The maximum Gasteiger partial charge on any atom is 0.127 e. The highest BCUT2D eigenvalue weighted by Crippen LogP contribution is 2.24. The van der Waals surface area contributed by atoms with E-state index in [-0.39, 0.29) is 0 Å². The quantitative estimate of drug-likeness (QED) is 0.377. The summed E-state index contributed by atoms with van der Waals surface area (Å²) in [4.78, 5) is 0. The SMILES string of the molecule is CCCCCCCCCCOc1ccc(Oc2ccc(C)cc2)cc1. The number of unbranched alkanes of at least 4 members (excludes halogenated alkanes) is 7. The summed E-state index contributed by atoms with van der Waals surface area (Å²) in [6.07, 6.45) is 10.6. The standard InChI is InChI=1S/C23H32O2/c1-3-4-5-6-7-8-9-10-19-24-21-15-17-23(18-16-21)25-22-13-11-20(2)12-14-22/h11-18H,3-10,19H2,1-2H3. The Morgan fingerprint density at radius 1 is 0.600 bits per heavy atom. The molecule has 2 aromatic rings. The minimum absolute atomic E-state index is 0.799. The molecular weight excluding hydrogens is 308 g/mol. The van der Waals surface area contributed by atoms with E-state index in [1.165, 1.54) is 50.5 Å². The molecule has 0 aliphatic carbocycles. The van der Waals surface area contributed by atoms with Gasteiger partial charge < -0.3 is 9.47 Å². The average molecular weight is 341 g/mol. The van der Waals surface area contributed by atoms with Crippen LogP contribution in [-0.2, 0) is 0 Å². The zero-order chi connectivity index (χ0) is 17.7. The Morgan fingerprint density at radius 2 is 1.08 bits per heavy atom. The van der Waals surface area contributed by atoms with Crippen LogP contribution in [0.15, 0.2) is 48.5 Å². The van der Waals surface area contributed by atoms with Crippen molar-refractivity contribution in [1.82, 2.24) is 0 Å². The second-order valence-electron chi connectivity index (χ2n) is 6.71. The van der Waals surface area contributed by atoms with Gasteiger partial charge in [-0.3, -0.25) is 0 Å². The highest BCUT2D eigenvalue weighted by molar-refractivity contribution is 5.36. The van der Waals surface area contributed by atoms with Crippen molar-refractivity contribution in [3.8, 4) is 17.2 Å². The number of hydrogen-bond donors (Lipinski definition) is 0. The van der Waals surface area contributed by atoms with E-state index in [0.29, 0.717) is 0 Å². The fourth-order valence-electron chi connectivity index (χ4n) is 2.77. The van der Waals surface area contributed by atoms with Crippen molar-refractivity contribution in [3.05, 3.63) is 54.1 Å². The number of rotatable bonds is 12. The molecule has 0 N–H and O–H groups in total. The summed E-state index contributed by atoms with van der Waals surface area (Å²) in [6, 6.07) is 16.0. The Bertz CT molecular complexity index is 572. The van der Waals surface area contributed by atoms with Gasteiger partial charge in [-0.2, -0.15) is 0 Å². The first-order chi connectivity index (χ1) is 12.3. The molecule has 0 aliphatic rings. The predicted molar refractivity (Wildman–Crippen MR) is 106 cm³/mol. The van der Waals surface area contributed by atoms with Crippen LogP contribution in [0, 0.1) is 6.92 Å². The maximum atomic E-state index is 5.83. The van der Waals surface area contributed by atoms with E-state index in [0.717, 1.165) is 30.3 Å². The zero-order valence-corrected chi connectivity index (χ0v) is 15.8. The van der Waals surface area contributed by atoms with Gasteiger partial charge >= 0.3 is 0 Å². The lowest BCUT2D eigenvalue weighted by atomic mass is 10.1. The van der Waals surface area contributed by atoms with Gasteiger partial charge in [0.05, 0.1) is 6.61 Å². The van der Waals surface area contributed by atoms with Crippen molar-refractivity contribution in [2.45, 2.75) is 65.2 Å². The van der Waals surface area contributed by atoms with Crippen molar-refractivity contribution in [2.75, 3.05) is 6.61 Å². The van der Waals surface area contributed by atoms with Gasteiger partial charge in [0, 0.05) is 0 Å². The van der Waals surface area contributed by atoms with Crippen LogP contribution >= 0.6 is 0 Å². The Labute approximate surface area is 153 Å². The largest absolute Gasteiger partial charge is 0.494 e. The Morgan fingerprint density at radius 3 is 1.68 bits per heavy atom. The molecular formula is C23H32O2. The highest BCUT2D eigenvalue weighted by Gasteiger charge is 1.99. The fourth-order valence-corrected chi connectivity index (χ4v) is 2.77. The maximum absolute atomic E-state index is 5.83. The minimum Gasteiger partial charge on any atom is -0.494 e. The van der Waals surface area contributed by atoms with Crippen LogP contribution in [0.4, 0.5) is 0 Å². The van der Waals surface area contributed by atoms with Crippen molar-refractivity contribution in [1.29, 1.82) is 0 Å². The molecule has 0 saturated carbocycles. The molecule has 2 nitrogen and oxygen atoms in total. The monoisotopic (exact) mass is 340 g/mol. The van der Waals surface area contributed by atoms with Crippen molar-refractivity contribution in [2.24, 2.45) is 0 Å². The summed E-state index contributed by atoms with van der Waals surface area (Å²) in [6.45, 7) is 5.13. The number of hydrogen-bond acceptors (Lipinski definition) is 2. The van der Waals surface area contributed by atoms with Crippen molar-refractivity contribution >= 4 is 0 Å². The van der Waals surface area contributed by atoms with Gasteiger partial charge in [-0.25, -0.2) is 0 Å². The van der Waals surface area contributed by atoms with Gasteiger partial charge in [-0.05, 0) is 49.7 Å². The van der Waals surface area contributed by atoms with Crippen LogP contribution in [0.5, 0.6) is 17.2 Å². The Kier molecular flexibility index (Phi) is 8.96. The summed E-state index contributed by atoms with van der Waals surface area (Å²) < 4.78 is 11.6. The zero-order valence-electron chi connectivity index (χ0n) is 15.8. The van der Waals surface area contributed by atoms with E-state index < -0.39 is 0 Å². The summed E-state index contributed by atoms with van der Waals surface area (Å²) in [5.74, 6) is 2.61. The van der Waals surface area contributed by atoms with Crippen LogP contribution < -0.4 is 9.47 Å². The molecule has 136 valence electrons. The fraction of sp³-hybridized carbons (Fsp3) is 0.478. The van der Waals surface area contributed by atoms with Crippen LogP contribution in [0.25, 0.3) is 0 Å². The van der Waals surface area contributed by atoms with E-state index in [1.807, 2.05) is 36.4 Å². The molecule has 0 saturated heterocycles. The van der Waals surface area contributed by atoms with Crippen molar-refractivity contribution in [3.63, 3.8) is 0 Å². The number of aryl methyl sites for hydroxylation is 1. The van der Waals surface area contributed by atoms with Crippen LogP contribution in [0.3, 0.4) is 0 Å². The molecule has 0 heterocycles. The van der Waals surface area contributed by atoms with E-state index in [9.17, 15) is 0 Å². The highest BCUT2D eigenvalue weighted by atomic mass is 16.5. The van der Waals surface area contributed by atoms with Crippen LogP contribution in [0.1, 0.15) is 63.9 Å². The molecule has 25 heavy (non-hydrogen) atoms. The first kappa shape index (κ1) is 19.4. The lowest BCUT2D eigenvalue weighted by molar-refractivity contribution is 0.304. The number of benzene rings is 2. The summed E-state index contributed by atoms with van der Waals surface area (Å²) in [5.41, 5.74) is 1.23. The van der Waals surface area contributed by atoms with Crippen LogP contribution in [0.2, 0.25) is 0 Å². The molecule has 2 rings (SSSR count). The van der Waals surface area contributed by atoms with Crippen LogP contribution in [-0.4, -0.2) is 6.61 Å². The van der Waals surface area contributed by atoms with Gasteiger partial charge in [0.1, 0.15) is 17.2 Å². The van der Waals surface area contributed by atoms with Gasteiger partial charge in [-0.1, -0.05) is 69.6 Å². The molecule has 0 unspecified atom stereocenters. The third-order valence-corrected chi connectivity index (χ3v) is 4.35. The smallest absolute Gasteiger partial charge is 0.127 e. The van der Waals surface area contributed by atoms with Gasteiger partial charge in [0.25, 0.3) is 0 Å². The first-order valence-corrected chi connectivity index (χ1v) is 9.75. The molecule has 0 bridgehead atoms. The Hall–Kier alpha value is -1.96. The lowest BCUT2D eigenvalue weighted by Crippen LogP contribution is -1.97.